The number of aromatic carboxylic acids is 1. The summed E-state index contributed by atoms with van der Waals surface area (Å²) in [5.74, 6) is -5.27. The van der Waals surface area contributed by atoms with E-state index in [2.05, 4.69) is 0 Å². The fourth-order valence-corrected chi connectivity index (χ4v) is 3.28. The molecule has 0 radical (unpaired) electrons. The van der Waals surface area contributed by atoms with Crippen LogP contribution >= 0.6 is 0 Å². The number of sulfone groups is 1. The van der Waals surface area contributed by atoms with Gasteiger partial charge >= 0.3 is 5.97 Å². The highest BCUT2D eigenvalue weighted by Crippen LogP contribution is 2.24. The Morgan fingerprint density at radius 2 is 1.67 bits per heavy atom. The Kier molecular flexibility index (Phi) is 4.04. The van der Waals surface area contributed by atoms with Gasteiger partial charge in [0, 0.05) is 0 Å². The van der Waals surface area contributed by atoms with Crippen LogP contribution in [0.25, 0.3) is 0 Å². The lowest BCUT2D eigenvalue weighted by atomic mass is 10.2. The van der Waals surface area contributed by atoms with Crippen LogP contribution in [-0.4, -0.2) is 19.5 Å². The van der Waals surface area contributed by atoms with Crippen LogP contribution in [0.1, 0.15) is 15.9 Å². The minimum absolute atomic E-state index is 0.415. The van der Waals surface area contributed by atoms with Crippen molar-refractivity contribution >= 4 is 15.8 Å². The zero-order chi connectivity index (χ0) is 15.6. The molecule has 2 rings (SSSR count). The lowest BCUT2D eigenvalue weighted by Gasteiger charge is -2.08. The van der Waals surface area contributed by atoms with Gasteiger partial charge in [-0.05, 0) is 17.7 Å². The smallest absolute Gasteiger partial charge is 0.341 e. The van der Waals surface area contributed by atoms with E-state index in [1.807, 2.05) is 0 Å². The predicted molar refractivity (Wildman–Crippen MR) is 70.6 cm³/mol. The first kappa shape index (κ1) is 15.1. The molecule has 0 atom stereocenters. The Balaban J connectivity index is 2.51. The molecular formula is C14H10F2O4S. The lowest BCUT2D eigenvalue weighted by Crippen LogP contribution is -2.12. The van der Waals surface area contributed by atoms with Gasteiger partial charge < -0.3 is 5.11 Å². The average molecular weight is 312 g/mol. The molecule has 0 fully saturated rings. The Bertz CT molecular complexity index is 786. The zero-order valence-electron chi connectivity index (χ0n) is 10.6. The monoisotopic (exact) mass is 312 g/mol. The Hall–Kier alpha value is -2.28. The Labute approximate surface area is 119 Å². The third kappa shape index (κ3) is 3.08. The molecule has 21 heavy (non-hydrogen) atoms. The maximum Gasteiger partial charge on any atom is 0.341 e. The van der Waals surface area contributed by atoms with Crippen LogP contribution in [0.5, 0.6) is 0 Å². The summed E-state index contributed by atoms with van der Waals surface area (Å²) in [5, 5.41) is 8.75. The number of halogens is 2. The van der Waals surface area contributed by atoms with Gasteiger partial charge in [0.25, 0.3) is 0 Å². The van der Waals surface area contributed by atoms with E-state index in [0.717, 1.165) is 6.07 Å². The zero-order valence-corrected chi connectivity index (χ0v) is 11.4. The van der Waals surface area contributed by atoms with Crippen LogP contribution in [0, 0.1) is 11.6 Å². The van der Waals surface area contributed by atoms with Crippen molar-refractivity contribution in [3.8, 4) is 0 Å². The van der Waals surface area contributed by atoms with Gasteiger partial charge in [-0.3, -0.25) is 0 Å². The molecule has 0 saturated carbocycles. The van der Waals surface area contributed by atoms with Crippen molar-refractivity contribution in [1.29, 1.82) is 0 Å². The minimum Gasteiger partial charge on any atom is -0.477 e. The molecule has 0 aliphatic carbocycles. The summed E-state index contributed by atoms with van der Waals surface area (Å²) in [6.45, 7) is 0. The number of rotatable bonds is 4. The van der Waals surface area contributed by atoms with E-state index >= 15 is 0 Å². The number of carboxylic acids is 1. The highest BCUT2D eigenvalue weighted by atomic mass is 32.2. The molecule has 0 unspecified atom stereocenters. The van der Waals surface area contributed by atoms with Crippen molar-refractivity contribution in [2.24, 2.45) is 0 Å². The van der Waals surface area contributed by atoms with Crippen LogP contribution in [0.4, 0.5) is 8.78 Å². The van der Waals surface area contributed by atoms with Gasteiger partial charge in [0.15, 0.2) is 15.7 Å². The van der Waals surface area contributed by atoms with Gasteiger partial charge in [-0.2, -0.15) is 0 Å². The molecule has 0 amide bonds. The maximum absolute atomic E-state index is 14.0. The largest absolute Gasteiger partial charge is 0.477 e. The van der Waals surface area contributed by atoms with E-state index in [1.165, 1.54) is 12.1 Å². The number of hydrogen-bond donors (Lipinski definition) is 1. The molecule has 0 heterocycles. The summed E-state index contributed by atoms with van der Waals surface area (Å²) < 4.78 is 51.6. The minimum atomic E-state index is -4.12. The van der Waals surface area contributed by atoms with E-state index in [4.69, 9.17) is 5.11 Å². The van der Waals surface area contributed by atoms with Crippen LogP contribution < -0.4 is 0 Å². The highest BCUT2D eigenvalue weighted by Gasteiger charge is 2.27. The van der Waals surface area contributed by atoms with Crippen LogP contribution in [0.2, 0.25) is 0 Å². The average Bonchev–Trinajstić information content (AvgIpc) is 2.38. The van der Waals surface area contributed by atoms with Gasteiger partial charge in [-0.1, -0.05) is 30.3 Å². The first-order valence-electron chi connectivity index (χ1n) is 5.81. The number of carbonyl (C=O) groups is 1. The normalized spacial score (nSPS) is 11.3. The van der Waals surface area contributed by atoms with E-state index in [-0.39, 0.29) is 0 Å². The summed E-state index contributed by atoms with van der Waals surface area (Å²) in [5.41, 5.74) is -0.859. The molecule has 2 aromatic carbocycles. The molecule has 0 saturated heterocycles. The SMILES string of the molecule is O=C(O)c1c(F)ccc(S(=O)(=O)Cc2ccccc2)c1F. The van der Waals surface area contributed by atoms with Crippen LogP contribution in [0.3, 0.4) is 0 Å². The molecular weight excluding hydrogens is 302 g/mol. The summed E-state index contributed by atoms with van der Waals surface area (Å²) >= 11 is 0. The maximum atomic E-state index is 14.0. The van der Waals surface area contributed by atoms with E-state index in [1.54, 1.807) is 18.2 Å². The van der Waals surface area contributed by atoms with Gasteiger partial charge in [0.1, 0.15) is 16.3 Å². The number of hydrogen-bond acceptors (Lipinski definition) is 3. The van der Waals surface area contributed by atoms with Crippen molar-refractivity contribution in [3.05, 3.63) is 65.2 Å². The molecule has 4 nitrogen and oxygen atoms in total. The standard InChI is InChI=1S/C14H10F2O4S/c15-10-6-7-11(13(16)12(10)14(17)18)21(19,20)8-9-4-2-1-3-5-9/h1-7H,8H2,(H,17,18). The lowest BCUT2D eigenvalue weighted by molar-refractivity contribution is 0.0685. The Morgan fingerprint density at radius 3 is 2.24 bits per heavy atom. The van der Waals surface area contributed by atoms with Gasteiger partial charge in [0.05, 0.1) is 5.75 Å². The molecule has 0 aliphatic heterocycles. The highest BCUT2D eigenvalue weighted by molar-refractivity contribution is 7.90. The first-order valence-corrected chi connectivity index (χ1v) is 7.46. The summed E-state index contributed by atoms with van der Waals surface area (Å²) in [7, 11) is -4.12. The van der Waals surface area contributed by atoms with Crippen molar-refractivity contribution in [3.63, 3.8) is 0 Å². The number of carboxylic acid groups (broad SMARTS) is 1. The second-order valence-corrected chi connectivity index (χ2v) is 6.24. The van der Waals surface area contributed by atoms with Crippen LogP contribution in [0.15, 0.2) is 47.4 Å². The molecule has 0 spiro atoms. The molecule has 110 valence electrons. The van der Waals surface area contributed by atoms with Crippen LogP contribution in [-0.2, 0) is 15.6 Å². The summed E-state index contributed by atoms with van der Waals surface area (Å²) in [6, 6.07) is 9.37. The fraction of sp³-hybridized carbons (Fsp3) is 0.0714. The molecule has 2 aromatic rings. The van der Waals surface area contributed by atoms with E-state index < -0.39 is 43.7 Å². The second-order valence-electron chi connectivity index (χ2n) is 4.28. The molecule has 0 aliphatic rings. The first-order chi connectivity index (χ1) is 9.83. The van der Waals surface area contributed by atoms with Crippen molar-refractivity contribution in [2.45, 2.75) is 10.6 Å². The van der Waals surface area contributed by atoms with E-state index in [9.17, 15) is 22.0 Å². The molecule has 0 bridgehead atoms. The third-order valence-corrected chi connectivity index (χ3v) is 4.50. The quantitative estimate of drug-likeness (QED) is 0.881. The second kappa shape index (κ2) is 5.61. The van der Waals surface area contributed by atoms with Crippen molar-refractivity contribution in [2.75, 3.05) is 0 Å². The summed E-state index contributed by atoms with van der Waals surface area (Å²) in [4.78, 5) is 9.98. The van der Waals surface area contributed by atoms with Gasteiger partial charge in [0.2, 0.25) is 0 Å². The molecule has 1 N–H and O–H groups in total. The molecule has 0 aromatic heterocycles. The third-order valence-electron chi connectivity index (χ3n) is 2.80. The van der Waals surface area contributed by atoms with Gasteiger partial charge in [-0.15, -0.1) is 0 Å². The summed E-state index contributed by atoms with van der Waals surface area (Å²) in [6.07, 6.45) is 0. The van der Waals surface area contributed by atoms with Crippen molar-refractivity contribution in [1.82, 2.24) is 0 Å². The Morgan fingerprint density at radius 1 is 1.05 bits per heavy atom. The molecule has 7 heteroatoms. The predicted octanol–water partition coefficient (Wildman–Crippen LogP) is 2.64. The number of benzene rings is 2. The topological polar surface area (TPSA) is 71.4 Å². The fourth-order valence-electron chi connectivity index (χ4n) is 1.84. The van der Waals surface area contributed by atoms with Gasteiger partial charge in [-0.25, -0.2) is 22.0 Å². The van der Waals surface area contributed by atoms with E-state index in [0.29, 0.717) is 11.6 Å². The van der Waals surface area contributed by atoms with Crippen molar-refractivity contribution < 1.29 is 27.1 Å².